The number of nitrogen functional groups attached to an aromatic ring is 2. The van der Waals surface area contributed by atoms with E-state index in [1.54, 1.807) is 0 Å². The Morgan fingerprint density at radius 1 is 0.862 bits per heavy atom. The molecule has 2 aliphatic heterocycles. The predicted octanol–water partition coefficient (Wildman–Crippen LogP) is 5.45. The lowest BCUT2D eigenvalue weighted by atomic mass is 9.94. The second-order valence-corrected chi connectivity index (χ2v) is 13.2. The number of anilines is 2. The summed E-state index contributed by atoms with van der Waals surface area (Å²) in [5.41, 5.74) is 8.87. The van der Waals surface area contributed by atoms with Crippen LogP contribution in [0.15, 0.2) is 37.2 Å². The van der Waals surface area contributed by atoms with Crippen LogP contribution in [0, 0.1) is 17.5 Å². The van der Waals surface area contributed by atoms with E-state index in [1.165, 1.54) is 20.5 Å². The molecule has 1 saturated carbocycles. The molecule has 0 saturated heterocycles. The molecule has 58 heavy (non-hydrogen) atoms. The molecule has 1 atom stereocenters. The van der Waals surface area contributed by atoms with Crippen molar-refractivity contribution < 1.29 is 68.1 Å². The molecule has 2 amide bonds. The first kappa shape index (κ1) is 39.7. The molecule has 1 unspecified atom stereocenters. The molecular formula is C35H27F9N8O6. The molecule has 7 rings (SSSR count). The highest BCUT2D eigenvalue weighted by molar-refractivity contribution is 6.00. The van der Waals surface area contributed by atoms with Gasteiger partial charge in [0.05, 0.1) is 34.4 Å². The van der Waals surface area contributed by atoms with Crippen LogP contribution in [0.3, 0.4) is 0 Å². The molecule has 0 bridgehead atoms. The molecule has 1 fully saturated rings. The fourth-order valence-corrected chi connectivity index (χ4v) is 6.85. The van der Waals surface area contributed by atoms with Gasteiger partial charge in [-0.1, -0.05) is 6.58 Å². The molecule has 4 N–H and O–H groups in total. The average molecular weight is 827 g/mol. The van der Waals surface area contributed by atoms with Crippen LogP contribution in [-0.2, 0) is 17.6 Å². The number of nitrogens with zero attached hydrogens (tertiary/aromatic N) is 6. The van der Waals surface area contributed by atoms with Gasteiger partial charge in [-0.05, 0) is 36.5 Å². The monoisotopic (exact) mass is 826 g/mol. The highest BCUT2D eigenvalue weighted by Crippen LogP contribution is 2.45. The number of nitrogens with two attached hydrogens (primary N) is 2. The van der Waals surface area contributed by atoms with Gasteiger partial charge >= 0.3 is 18.7 Å². The zero-order chi connectivity index (χ0) is 42.0. The van der Waals surface area contributed by atoms with Crippen molar-refractivity contribution >= 4 is 29.2 Å². The molecule has 1 aliphatic carbocycles. The molecule has 23 heteroatoms. The lowest BCUT2D eigenvalue weighted by Crippen LogP contribution is -2.46. The summed E-state index contributed by atoms with van der Waals surface area (Å²) in [5, 5.41) is 4.67. The number of alkyl halides is 6. The Labute approximate surface area is 319 Å². The summed E-state index contributed by atoms with van der Waals surface area (Å²) in [4.78, 5) is 49.4. The number of hydrogen-bond acceptors (Lipinski definition) is 11. The molecule has 3 aromatic heterocycles. The first-order valence-corrected chi connectivity index (χ1v) is 17.0. The van der Waals surface area contributed by atoms with Crippen molar-refractivity contribution in [2.45, 2.75) is 50.4 Å². The van der Waals surface area contributed by atoms with Crippen LogP contribution in [-0.4, -0.2) is 79.7 Å². The number of carbonyl (C=O) groups excluding carboxylic acids is 3. The number of hydrogen-bond donors (Lipinski definition) is 2. The molecule has 1 aromatic carbocycles. The van der Waals surface area contributed by atoms with E-state index in [0.29, 0.717) is 36.5 Å². The van der Waals surface area contributed by atoms with Gasteiger partial charge in [0.2, 0.25) is 17.5 Å². The summed E-state index contributed by atoms with van der Waals surface area (Å²) in [6.07, 6.45) is -7.33. The van der Waals surface area contributed by atoms with Gasteiger partial charge < -0.3 is 35.5 Å². The highest BCUT2D eigenvalue weighted by atomic mass is 19.4. The van der Waals surface area contributed by atoms with E-state index in [1.807, 2.05) is 0 Å². The fraction of sp³-hybridized carbons (Fsp3) is 0.314. The Kier molecular flexibility index (Phi) is 9.87. The first-order valence-electron chi connectivity index (χ1n) is 17.0. The second-order valence-electron chi connectivity index (χ2n) is 13.2. The van der Waals surface area contributed by atoms with Crippen molar-refractivity contribution in [1.82, 2.24) is 29.5 Å². The van der Waals surface area contributed by atoms with Crippen molar-refractivity contribution in [2.24, 2.45) is 0 Å². The van der Waals surface area contributed by atoms with Gasteiger partial charge in [-0.25, -0.2) is 23.8 Å². The molecule has 4 aromatic rings. The number of aromatic nitrogens is 4. The Balaban J connectivity index is 1.30. The Bertz CT molecular complexity index is 2380. The molecule has 3 aliphatic rings. The lowest BCUT2D eigenvalue weighted by molar-refractivity contribution is -0.278. The third-order valence-electron chi connectivity index (χ3n) is 9.61. The number of pyridine rings is 2. The van der Waals surface area contributed by atoms with E-state index in [2.05, 4.69) is 31.1 Å². The van der Waals surface area contributed by atoms with Crippen molar-refractivity contribution in [2.75, 3.05) is 31.1 Å². The number of carbonyl (C=O) groups is 3. The van der Waals surface area contributed by atoms with E-state index in [9.17, 15) is 49.5 Å². The highest BCUT2D eigenvalue weighted by Gasteiger charge is 2.42. The van der Waals surface area contributed by atoms with Crippen LogP contribution >= 0.6 is 0 Å². The van der Waals surface area contributed by atoms with E-state index in [0.717, 1.165) is 12.1 Å². The topological polar surface area (TPSA) is 181 Å². The summed E-state index contributed by atoms with van der Waals surface area (Å²) in [5.74, 6) is -10.8. The zero-order valence-corrected chi connectivity index (χ0v) is 29.4. The maximum Gasteiger partial charge on any atom is 0.574 e. The second kappa shape index (κ2) is 14.4. The normalized spacial score (nSPS) is 16.7. The Morgan fingerprint density at radius 3 is 2.05 bits per heavy atom. The number of halogens is 9. The van der Waals surface area contributed by atoms with Gasteiger partial charge in [0.15, 0.2) is 5.75 Å². The van der Waals surface area contributed by atoms with E-state index >= 15 is 4.39 Å². The summed E-state index contributed by atoms with van der Waals surface area (Å²) in [6, 6.07) is 1.17. The SMILES string of the molecule is C=CC(=O)N1CCc2nn(-c3cc(F)c(C4CC4)cc3OC(=O)c3cnc(OC(F)(F)F)c(F)c3N)c3c2C(C1)N(C(=O)c1cnc(OC(F)(F)F)c(F)c1N)CC3. The Hall–Kier alpha value is -6.55. The van der Waals surface area contributed by atoms with Crippen LogP contribution in [0.25, 0.3) is 5.69 Å². The molecule has 0 radical (unpaired) electrons. The number of esters is 1. The number of amides is 2. The van der Waals surface area contributed by atoms with E-state index in [-0.39, 0.29) is 61.1 Å². The minimum atomic E-state index is -5.33. The number of benzene rings is 1. The maximum atomic E-state index is 15.8. The summed E-state index contributed by atoms with van der Waals surface area (Å²) in [7, 11) is 0. The smallest absolute Gasteiger partial charge is 0.421 e. The van der Waals surface area contributed by atoms with Gasteiger partial charge in [0, 0.05) is 56.5 Å². The maximum absolute atomic E-state index is 15.8. The fourth-order valence-electron chi connectivity index (χ4n) is 6.85. The minimum Gasteiger partial charge on any atom is -0.421 e. The number of rotatable bonds is 8. The summed E-state index contributed by atoms with van der Waals surface area (Å²) >= 11 is 0. The van der Waals surface area contributed by atoms with Crippen LogP contribution in [0.4, 0.5) is 50.9 Å². The van der Waals surface area contributed by atoms with Crippen LogP contribution in [0.2, 0.25) is 0 Å². The molecule has 5 heterocycles. The average Bonchev–Trinajstić information content (AvgIpc) is 3.95. The standard InChI is InChI=1S/C35H27F9N8O6/c1-2-24(53)50-7-5-19-25-20(6-8-51(22(25)13-50)32(54)16-11-47-30(26(37)28(16)45)57-34(39,40)41)52(49-19)21-10-18(36)15(14-3-4-14)9-23(21)56-33(55)17-12-48-31(27(38)29(17)46)58-35(42,43)44/h2,9-12,14,22H,1,3-8,13H2,(H2,45,47)(H2,46,48). The van der Waals surface area contributed by atoms with Crippen molar-refractivity contribution in [3.8, 4) is 23.2 Å². The van der Waals surface area contributed by atoms with E-state index < -0.39 is 88.3 Å². The van der Waals surface area contributed by atoms with E-state index in [4.69, 9.17) is 16.2 Å². The largest absolute Gasteiger partial charge is 0.574 e. The van der Waals surface area contributed by atoms with Gasteiger partial charge in [-0.3, -0.25) is 9.59 Å². The van der Waals surface area contributed by atoms with Gasteiger partial charge in [-0.2, -0.15) is 13.9 Å². The van der Waals surface area contributed by atoms with Gasteiger partial charge in [-0.15, -0.1) is 26.3 Å². The van der Waals surface area contributed by atoms with Crippen LogP contribution in [0.1, 0.15) is 68.0 Å². The molecule has 0 spiro atoms. The lowest BCUT2D eigenvalue weighted by Gasteiger charge is -2.38. The van der Waals surface area contributed by atoms with Gasteiger partial charge in [0.25, 0.3) is 17.7 Å². The first-order chi connectivity index (χ1) is 27.3. The third-order valence-corrected chi connectivity index (χ3v) is 9.61. The van der Waals surface area contributed by atoms with Crippen LogP contribution < -0.4 is 25.7 Å². The Morgan fingerprint density at radius 2 is 1.47 bits per heavy atom. The molecule has 306 valence electrons. The number of ether oxygens (including phenoxy) is 3. The van der Waals surface area contributed by atoms with Gasteiger partial charge in [0.1, 0.15) is 17.1 Å². The third kappa shape index (κ3) is 7.49. The van der Waals surface area contributed by atoms with Crippen molar-refractivity contribution in [1.29, 1.82) is 0 Å². The summed E-state index contributed by atoms with van der Waals surface area (Å²) in [6.45, 7) is 3.11. The summed E-state index contributed by atoms with van der Waals surface area (Å²) < 4.78 is 136. The van der Waals surface area contributed by atoms with Crippen LogP contribution in [0.5, 0.6) is 17.5 Å². The minimum absolute atomic E-state index is 0.0251. The molecular weight excluding hydrogens is 799 g/mol. The van der Waals surface area contributed by atoms with Crippen molar-refractivity contribution in [3.63, 3.8) is 0 Å². The zero-order valence-electron chi connectivity index (χ0n) is 29.4. The quantitative estimate of drug-likeness (QED) is 0.0999. The molecule has 14 nitrogen and oxygen atoms in total. The van der Waals surface area contributed by atoms with Crippen molar-refractivity contribution in [3.05, 3.63) is 88.3 Å². The predicted molar refractivity (Wildman–Crippen MR) is 179 cm³/mol.